The van der Waals surface area contributed by atoms with E-state index in [9.17, 15) is 9.50 Å². The van der Waals surface area contributed by atoms with Crippen molar-refractivity contribution in [2.75, 3.05) is 13.8 Å². The molecule has 0 atom stereocenters. The Bertz CT molecular complexity index is 973. The molecule has 0 bridgehead atoms. The van der Waals surface area contributed by atoms with Gasteiger partial charge in [0, 0.05) is 18.6 Å². The Balaban J connectivity index is 1.78. The summed E-state index contributed by atoms with van der Waals surface area (Å²) in [6.07, 6.45) is 2.02. The number of imidazole rings is 1. The predicted molar refractivity (Wildman–Crippen MR) is 84.0 cm³/mol. The largest absolute Gasteiger partial charge is 0.507 e. The van der Waals surface area contributed by atoms with Gasteiger partial charge in [0.15, 0.2) is 5.76 Å². The number of furan rings is 1. The molecule has 23 heavy (non-hydrogen) atoms. The highest BCUT2D eigenvalue weighted by Crippen LogP contribution is 2.36. The lowest BCUT2D eigenvalue weighted by Crippen LogP contribution is -1.87. The lowest BCUT2D eigenvalue weighted by Gasteiger charge is -1.99. The van der Waals surface area contributed by atoms with Crippen molar-refractivity contribution in [2.24, 2.45) is 0 Å². The van der Waals surface area contributed by atoms with Gasteiger partial charge in [0.2, 0.25) is 4.96 Å². The maximum atomic E-state index is 12.4. The molecule has 3 aromatic heterocycles. The van der Waals surface area contributed by atoms with E-state index in [0.717, 1.165) is 0 Å². The number of phenols is 1. The van der Waals surface area contributed by atoms with E-state index in [2.05, 4.69) is 10.1 Å². The molecule has 4 aromatic rings. The summed E-state index contributed by atoms with van der Waals surface area (Å²) < 4.78 is 24.8. The van der Waals surface area contributed by atoms with E-state index in [0.29, 0.717) is 44.6 Å². The Morgan fingerprint density at radius 3 is 3.00 bits per heavy atom. The molecule has 0 radical (unpaired) electrons. The zero-order valence-electron chi connectivity index (χ0n) is 12.1. The van der Waals surface area contributed by atoms with Crippen LogP contribution in [0.3, 0.4) is 0 Å². The molecule has 0 amide bonds. The predicted octanol–water partition coefficient (Wildman–Crippen LogP) is 3.43. The summed E-state index contributed by atoms with van der Waals surface area (Å²) >= 11 is 1.34. The number of alkyl halides is 1. The topological polar surface area (TPSA) is 72.8 Å². The molecule has 6 nitrogen and oxygen atoms in total. The van der Waals surface area contributed by atoms with Crippen LogP contribution in [0.1, 0.15) is 5.01 Å². The first kappa shape index (κ1) is 14.0. The number of aromatic nitrogens is 3. The first-order valence-corrected chi connectivity index (χ1v) is 7.71. The van der Waals surface area contributed by atoms with Gasteiger partial charge in [-0.15, -0.1) is 0 Å². The Hall–Kier alpha value is -2.61. The number of aryl methyl sites for hydroxylation is 1. The number of rotatable bonds is 4. The lowest BCUT2D eigenvalue weighted by molar-refractivity contribution is 0.408. The van der Waals surface area contributed by atoms with E-state index in [1.165, 1.54) is 24.5 Å². The fourth-order valence-electron chi connectivity index (χ4n) is 2.38. The summed E-state index contributed by atoms with van der Waals surface area (Å²) in [6.45, 7) is -0.436. The molecule has 0 saturated heterocycles. The van der Waals surface area contributed by atoms with Gasteiger partial charge in [-0.1, -0.05) is 11.3 Å². The second kappa shape index (κ2) is 5.24. The average molecular weight is 333 g/mol. The minimum absolute atomic E-state index is 0.0822. The Labute approximate surface area is 133 Å². The zero-order chi connectivity index (χ0) is 16.0. The second-order valence-electron chi connectivity index (χ2n) is 4.96. The number of halogens is 1. The third-order valence-corrected chi connectivity index (χ3v) is 4.45. The molecule has 0 aliphatic rings. The van der Waals surface area contributed by atoms with Crippen LogP contribution < -0.4 is 4.74 Å². The van der Waals surface area contributed by atoms with Crippen molar-refractivity contribution in [3.63, 3.8) is 0 Å². The summed E-state index contributed by atoms with van der Waals surface area (Å²) in [5.41, 5.74) is 1.12. The van der Waals surface area contributed by atoms with E-state index in [4.69, 9.17) is 9.15 Å². The van der Waals surface area contributed by atoms with Crippen LogP contribution >= 0.6 is 11.3 Å². The number of fused-ring (bicyclic) bond motifs is 2. The normalized spacial score (nSPS) is 11.6. The van der Waals surface area contributed by atoms with E-state index in [-0.39, 0.29) is 5.75 Å². The molecular formula is C15H12FN3O3S. The third kappa shape index (κ3) is 2.31. The number of methoxy groups -OCH3 is 1. The highest BCUT2D eigenvalue weighted by molar-refractivity contribution is 7.16. The molecule has 4 rings (SSSR count). The molecule has 8 heteroatoms. The Morgan fingerprint density at radius 2 is 2.26 bits per heavy atom. The molecule has 0 saturated carbocycles. The van der Waals surface area contributed by atoms with Gasteiger partial charge < -0.3 is 14.3 Å². The quantitative estimate of drug-likeness (QED) is 0.619. The third-order valence-electron chi connectivity index (χ3n) is 3.47. The van der Waals surface area contributed by atoms with Gasteiger partial charge in [-0.25, -0.2) is 9.50 Å². The molecule has 0 spiro atoms. The Kier molecular flexibility index (Phi) is 3.19. The van der Waals surface area contributed by atoms with Gasteiger partial charge in [0.05, 0.1) is 25.4 Å². The molecule has 3 heterocycles. The van der Waals surface area contributed by atoms with Gasteiger partial charge >= 0.3 is 0 Å². The van der Waals surface area contributed by atoms with Crippen LogP contribution in [0.2, 0.25) is 0 Å². The fourth-order valence-corrected chi connectivity index (χ4v) is 3.23. The summed E-state index contributed by atoms with van der Waals surface area (Å²) in [5.74, 6) is 1.12. The molecular weight excluding hydrogens is 321 g/mol. The number of phenolic OH excluding ortho intramolecular Hbond substituents is 1. The van der Waals surface area contributed by atoms with Gasteiger partial charge in [0.1, 0.15) is 27.8 Å². The second-order valence-corrected chi connectivity index (χ2v) is 6.00. The van der Waals surface area contributed by atoms with Crippen LogP contribution in [0.15, 0.2) is 28.8 Å². The summed E-state index contributed by atoms with van der Waals surface area (Å²) in [5, 5.41) is 15.6. The van der Waals surface area contributed by atoms with Gasteiger partial charge in [0.25, 0.3) is 0 Å². The number of hydrogen-bond acceptors (Lipinski definition) is 6. The van der Waals surface area contributed by atoms with Crippen LogP contribution in [-0.4, -0.2) is 33.5 Å². The monoisotopic (exact) mass is 333 g/mol. The number of aromatic hydroxyl groups is 1. The first-order valence-electron chi connectivity index (χ1n) is 6.90. The highest BCUT2D eigenvalue weighted by atomic mass is 32.1. The van der Waals surface area contributed by atoms with E-state index in [1.54, 1.807) is 22.8 Å². The first-order chi connectivity index (χ1) is 11.2. The molecule has 0 aliphatic heterocycles. The van der Waals surface area contributed by atoms with Gasteiger partial charge in [-0.2, -0.15) is 5.10 Å². The summed E-state index contributed by atoms with van der Waals surface area (Å²) in [6, 6.07) is 4.95. The average Bonchev–Trinajstić information content (AvgIpc) is 3.19. The minimum Gasteiger partial charge on any atom is -0.507 e. The van der Waals surface area contributed by atoms with Crippen LogP contribution in [0, 0.1) is 0 Å². The van der Waals surface area contributed by atoms with Gasteiger partial charge in [-0.3, -0.25) is 4.39 Å². The zero-order valence-corrected chi connectivity index (χ0v) is 12.9. The smallest absolute Gasteiger partial charge is 0.212 e. The SMILES string of the molecule is COc1cc(O)c2cc(-c3cn4nc(CCF)sc4n3)oc2c1. The number of benzene rings is 1. The van der Waals surface area contributed by atoms with Crippen molar-refractivity contribution in [2.45, 2.75) is 6.42 Å². The maximum Gasteiger partial charge on any atom is 0.212 e. The van der Waals surface area contributed by atoms with Crippen LogP contribution in [0.5, 0.6) is 11.5 Å². The molecule has 1 aromatic carbocycles. The number of hydrogen-bond donors (Lipinski definition) is 1. The van der Waals surface area contributed by atoms with E-state index >= 15 is 0 Å². The number of nitrogens with zero attached hydrogens (tertiary/aromatic N) is 3. The van der Waals surface area contributed by atoms with Crippen LogP contribution in [0.4, 0.5) is 4.39 Å². The molecule has 0 unspecified atom stereocenters. The van der Waals surface area contributed by atoms with Crippen molar-refractivity contribution >= 4 is 27.3 Å². The van der Waals surface area contributed by atoms with Crippen molar-refractivity contribution in [1.29, 1.82) is 0 Å². The fraction of sp³-hybridized carbons (Fsp3) is 0.200. The summed E-state index contributed by atoms with van der Waals surface area (Å²) in [7, 11) is 1.52. The van der Waals surface area contributed by atoms with Crippen LogP contribution in [0.25, 0.3) is 27.4 Å². The van der Waals surface area contributed by atoms with Crippen LogP contribution in [-0.2, 0) is 6.42 Å². The molecule has 0 aliphatic carbocycles. The van der Waals surface area contributed by atoms with Crippen molar-refractivity contribution in [3.8, 4) is 23.0 Å². The van der Waals surface area contributed by atoms with E-state index in [1.807, 2.05) is 0 Å². The van der Waals surface area contributed by atoms with Gasteiger partial charge in [-0.05, 0) is 6.07 Å². The summed E-state index contributed by atoms with van der Waals surface area (Å²) in [4.78, 5) is 5.12. The minimum atomic E-state index is -0.436. The lowest BCUT2D eigenvalue weighted by atomic mass is 10.2. The van der Waals surface area contributed by atoms with Crippen molar-refractivity contribution < 1.29 is 18.7 Å². The Morgan fingerprint density at radius 1 is 1.39 bits per heavy atom. The van der Waals surface area contributed by atoms with E-state index < -0.39 is 6.67 Å². The van der Waals surface area contributed by atoms with Crippen molar-refractivity contribution in [1.82, 2.24) is 14.6 Å². The number of ether oxygens (including phenoxy) is 1. The molecule has 0 fully saturated rings. The highest BCUT2D eigenvalue weighted by Gasteiger charge is 2.15. The standard InChI is InChI=1S/C15H12FN3O3S/c1-21-8-4-11(20)9-6-13(22-12(9)5-8)10-7-19-15(17-10)23-14(18-19)2-3-16/h4-7,20H,2-3H2,1H3. The molecule has 118 valence electrons. The molecule has 1 N–H and O–H groups in total. The van der Waals surface area contributed by atoms with Crippen molar-refractivity contribution in [3.05, 3.63) is 29.4 Å². The maximum absolute atomic E-state index is 12.4.